The largest absolute Gasteiger partial charge is 0.550 e. The number of rotatable bonds is 6. The fourth-order valence-electron chi connectivity index (χ4n) is 4.15. The first-order chi connectivity index (χ1) is 13.7. The lowest BCUT2D eigenvalue weighted by atomic mass is 9.52. The molecular formula is C23H19O5-. The van der Waals surface area contributed by atoms with Gasteiger partial charge < -0.3 is 19.1 Å². The molecule has 1 aromatic heterocycles. The number of benzene rings is 2. The molecule has 0 N–H and O–H groups in total. The van der Waals surface area contributed by atoms with Crippen molar-refractivity contribution in [3.05, 3.63) is 95.9 Å². The molecule has 1 heterocycles. The van der Waals surface area contributed by atoms with E-state index >= 15 is 0 Å². The number of furan rings is 1. The second-order valence-electron chi connectivity index (χ2n) is 6.93. The molecule has 28 heavy (non-hydrogen) atoms. The van der Waals surface area contributed by atoms with Crippen molar-refractivity contribution in [2.24, 2.45) is 11.8 Å². The highest BCUT2D eigenvalue weighted by atomic mass is 16.5. The number of aliphatic carboxylic acids is 1. The highest BCUT2D eigenvalue weighted by molar-refractivity contribution is 5.83. The van der Waals surface area contributed by atoms with Gasteiger partial charge in [0.2, 0.25) is 0 Å². The van der Waals surface area contributed by atoms with Crippen LogP contribution in [0.5, 0.6) is 0 Å². The number of carbonyl (C=O) groups excluding carboxylic acids is 2. The minimum absolute atomic E-state index is 0.0152. The van der Waals surface area contributed by atoms with E-state index in [9.17, 15) is 14.7 Å². The zero-order chi connectivity index (χ0) is 19.5. The van der Waals surface area contributed by atoms with Gasteiger partial charge >= 0.3 is 5.97 Å². The van der Waals surface area contributed by atoms with Crippen LogP contribution in [-0.2, 0) is 20.9 Å². The molecule has 0 radical (unpaired) electrons. The van der Waals surface area contributed by atoms with Gasteiger partial charge in [-0.05, 0) is 23.3 Å². The number of carboxylic acid groups (broad SMARTS) is 1. The molecule has 2 unspecified atom stereocenters. The number of hydrogen-bond donors (Lipinski definition) is 0. The first-order valence-corrected chi connectivity index (χ1v) is 9.16. The normalized spacial score (nSPS) is 23.6. The average molecular weight is 375 g/mol. The van der Waals surface area contributed by atoms with Crippen molar-refractivity contribution in [2.45, 2.75) is 18.4 Å². The summed E-state index contributed by atoms with van der Waals surface area (Å²) >= 11 is 0. The van der Waals surface area contributed by atoms with Crippen molar-refractivity contribution in [3.63, 3.8) is 0 Å². The summed E-state index contributed by atoms with van der Waals surface area (Å²) in [5.41, 5.74) is 1.59. The van der Waals surface area contributed by atoms with Crippen LogP contribution in [0.25, 0.3) is 0 Å². The number of carboxylic acids is 1. The molecule has 1 aliphatic carbocycles. The van der Waals surface area contributed by atoms with Crippen LogP contribution in [0.4, 0.5) is 0 Å². The number of ether oxygens (including phenoxy) is 1. The van der Waals surface area contributed by atoms with Crippen LogP contribution >= 0.6 is 0 Å². The highest BCUT2D eigenvalue weighted by Gasteiger charge is 2.56. The second kappa shape index (κ2) is 7.72. The summed E-state index contributed by atoms with van der Waals surface area (Å²) in [7, 11) is 0. The van der Waals surface area contributed by atoms with Gasteiger partial charge in [0.1, 0.15) is 12.4 Å². The molecule has 4 rings (SSSR count). The smallest absolute Gasteiger partial charge is 0.310 e. The van der Waals surface area contributed by atoms with E-state index in [1.807, 2.05) is 60.7 Å². The summed E-state index contributed by atoms with van der Waals surface area (Å²) in [6, 6.07) is 21.9. The average Bonchev–Trinajstić information content (AvgIpc) is 3.21. The minimum atomic E-state index is -1.15. The zero-order valence-corrected chi connectivity index (χ0v) is 15.1. The lowest BCUT2D eigenvalue weighted by Crippen LogP contribution is -2.55. The van der Waals surface area contributed by atoms with Gasteiger partial charge in [-0.25, -0.2) is 0 Å². The van der Waals surface area contributed by atoms with Gasteiger partial charge in [0.05, 0.1) is 12.2 Å². The fourth-order valence-corrected chi connectivity index (χ4v) is 4.15. The summed E-state index contributed by atoms with van der Waals surface area (Å²) in [6.45, 7) is 0.0152. The third kappa shape index (κ3) is 3.31. The Morgan fingerprint density at radius 1 is 0.821 bits per heavy atom. The van der Waals surface area contributed by atoms with Crippen LogP contribution in [-0.4, -0.2) is 11.9 Å². The van der Waals surface area contributed by atoms with Crippen LogP contribution in [0.1, 0.15) is 28.7 Å². The standard InChI is InChI=1S/C23H20O5/c24-22(25)20-18(15-8-3-1-4-9-15)21(19(20)16-10-5-2-6-11-16)23(26)28-14-17-12-7-13-27-17/h1-13,18-21H,14H2,(H,24,25)/p-1/t18-,19+,20?,21?. The van der Waals surface area contributed by atoms with Gasteiger partial charge in [-0.15, -0.1) is 0 Å². The predicted octanol–water partition coefficient (Wildman–Crippen LogP) is 2.89. The van der Waals surface area contributed by atoms with Gasteiger partial charge in [-0.2, -0.15) is 0 Å². The fraction of sp³-hybridized carbons (Fsp3) is 0.217. The first kappa shape index (κ1) is 18.0. The molecule has 0 bridgehead atoms. The summed E-state index contributed by atoms with van der Waals surface area (Å²) in [5, 5.41) is 12.0. The Balaban J connectivity index is 1.66. The molecule has 5 nitrogen and oxygen atoms in total. The minimum Gasteiger partial charge on any atom is -0.550 e. The van der Waals surface area contributed by atoms with E-state index in [1.165, 1.54) is 6.26 Å². The van der Waals surface area contributed by atoms with E-state index in [4.69, 9.17) is 9.15 Å². The molecule has 5 heteroatoms. The zero-order valence-electron chi connectivity index (χ0n) is 15.1. The molecule has 0 aliphatic heterocycles. The van der Waals surface area contributed by atoms with E-state index in [1.54, 1.807) is 12.1 Å². The maximum absolute atomic E-state index is 13.0. The van der Waals surface area contributed by atoms with Gasteiger partial charge in [0.25, 0.3) is 0 Å². The number of esters is 1. The summed E-state index contributed by atoms with van der Waals surface area (Å²) in [6.07, 6.45) is 1.51. The molecule has 1 fully saturated rings. The molecular weight excluding hydrogens is 356 g/mol. The Kier molecular flexibility index (Phi) is 4.98. The molecule has 2 aromatic carbocycles. The monoisotopic (exact) mass is 375 g/mol. The number of hydrogen-bond acceptors (Lipinski definition) is 5. The van der Waals surface area contributed by atoms with Gasteiger partial charge in [-0.3, -0.25) is 4.79 Å². The molecule has 1 aliphatic rings. The SMILES string of the molecule is O=C([O-])C1[C@@H](c2ccccc2)C(C(=O)OCc2ccco2)[C@H]1c1ccccc1. The van der Waals surface area contributed by atoms with E-state index in [0.29, 0.717) is 5.76 Å². The van der Waals surface area contributed by atoms with Crippen LogP contribution in [0.3, 0.4) is 0 Å². The third-order valence-corrected chi connectivity index (χ3v) is 5.40. The molecule has 142 valence electrons. The summed E-state index contributed by atoms with van der Waals surface area (Å²) < 4.78 is 10.7. The van der Waals surface area contributed by atoms with Crippen molar-refractivity contribution in [1.29, 1.82) is 0 Å². The number of carbonyl (C=O) groups is 2. The predicted molar refractivity (Wildman–Crippen MR) is 98.9 cm³/mol. The quantitative estimate of drug-likeness (QED) is 0.619. The van der Waals surface area contributed by atoms with Crippen LogP contribution in [0, 0.1) is 11.8 Å². The van der Waals surface area contributed by atoms with Crippen LogP contribution in [0.15, 0.2) is 83.5 Å². The molecule has 1 saturated carbocycles. The van der Waals surface area contributed by atoms with Crippen molar-refractivity contribution >= 4 is 11.9 Å². The Bertz CT molecular complexity index is 886. The summed E-state index contributed by atoms with van der Waals surface area (Å²) in [4.78, 5) is 25.0. The Hall–Kier alpha value is -3.34. The topological polar surface area (TPSA) is 79.6 Å². The first-order valence-electron chi connectivity index (χ1n) is 9.16. The lowest BCUT2D eigenvalue weighted by molar-refractivity contribution is -0.317. The van der Waals surface area contributed by atoms with E-state index in [-0.39, 0.29) is 6.61 Å². The molecule has 0 saturated heterocycles. The van der Waals surface area contributed by atoms with Gasteiger partial charge in [0.15, 0.2) is 0 Å². The highest BCUT2D eigenvalue weighted by Crippen LogP contribution is 2.57. The molecule has 0 spiro atoms. The van der Waals surface area contributed by atoms with Crippen molar-refractivity contribution in [1.82, 2.24) is 0 Å². The molecule has 4 atom stereocenters. The lowest BCUT2D eigenvalue weighted by Gasteiger charge is -2.51. The Morgan fingerprint density at radius 3 is 1.86 bits per heavy atom. The van der Waals surface area contributed by atoms with Crippen molar-refractivity contribution < 1.29 is 23.8 Å². The van der Waals surface area contributed by atoms with E-state index < -0.39 is 35.6 Å². The van der Waals surface area contributed by atoms with E-state index in [2.05, 4.69) is 0 Å². The Labute approximate surface area is 162 Å². The van der Waals surface area contributed by atoms with Crippen LogP contribution < -0.4 is 5.11 Å². The van der Waals surface area contributed by atoms with Crippen molar-refractivity contribution in [3.8, 4) is 0 Å². The maximum Gasteiger partial charge on any atom is 0.310 e. The third-order valence-electron chi connectivity index (χ3n) is 5.40. The molecule has 0 amide bonds. The summed E-state index contributed by atoms with van der Waals surface area (Å²) in [5.74, 6) is -3.46. The van der Waals surface area contributed by atoms with E-state index in [0.717, 1.165) is 11.1 Å². The molecule has 3 aromatic rings. The van der Waals surface area contributed by atoms with Crippen molar-refractivity contribution in [2.75, 3.05) is 0 Å². The second-order valence-corrected chi connectivity index (χ2v) is 6.93. The van der Waals surface area contributed by atoms with Gasteiger partial charge in [-0.1, -0.05) is 60.7 Å². The Morgan fingerprint density at radius 2 is 1.39 bits per heavy atom. The van der Waals surface area contributed by atoms with Gasteiger partial charge in [0, 0.05) is 23.7 Å². The van der Waals surface area contributed by atoms with Crippen LogP contribution in [0.2, 0.25) is 0 Å². The maximum atomic E-state index is 13.0.